The summed E-state index contributed by atoms with van der Waals surface area (Å²) in [7, 11) is 0. The molecule has 16 heavy (non-hydrogen) atoms. The van der Waals surface area contributed by atoms with Gasteiger partial charge in [0.25, 0.3) is 0 Å². The van der Waals surface area contributed by atoms with E-state index in [4.69, 9.17) is 5.73 Å². The third-order valence-electron chi connectivity index (χ3n) is 2.74. The molecule has 1 aromatic carbocycles. The van der Waals surface area contributed by atoms with Crippen molar-refractivity contribution in [2.45, 2.75) is 45.6 Å². The fourth-order valence-corrected chi connectivity index (χ4v) is 1.50. The lowest BCUT2D eigenvalue weighted by Gasteiger charge is -2.26. The van der Waals surface area contributed by atoms with Crippen LogP contribution >= 0.6 is 0 Å². The topological polar surface area (TPSA) is 38.0 Å². The minimum atomic E-state index is -0.0523. The van der Waals surface area contributed by atoms with E-state index in [9.17, 15) is 0 Å². The van der Waals surface area contributed by atoms with Crippen LogP contribution in [0.3, 0.4) is 0 Å². The Balaban J connectivity index is 2.80. The second-order valence-electron chi connectivity index (χ2n) is 6.04. The molecule has 0 spiro atoms. The van der Waals surface area contributed by atoms with Gasteiger partial charge in [0, 0.05) is 17.8 Å². The van der Waals surface area contributed by atoms with E-state index in [2.05, 4.69) is 64.2 Å². The minimum absolute atomic E-state index is 0.0523. The van der Waals surface area contributed by atoms with Gasteiger partial charge in [-0.25, -0.2) is 0 Å². The molecule has 0 saturated heterocycles. The summed E-state index contributed by atoms with van der Waals surface area (Å²) in [6, 6.07) is 8.60. The van der Waals surface area contributed by atoms with Crippen molar-refractivity contribution in [3.63, 3.8) is 0 Å². The lowest BCUT2D eigenvalue weighted by Crippen LogP contribution is -2.39. The van der Waals surface area contributed by atoms with Gasteiger partial charge < -0.3 is 11.1 Å². The maximum atomic E-state index is 5.69. The Bertz CT molecular complexity index is 331. The summed E-state index contributed by atoms with van der Waals surface area (Å²) < 4.78 is 0. The molecule has 0 radical (unpaired) electrons. The predicted molar refractivity (Wildman–Crippen MR) is 71.9 cm³/mol. The first-order chi connectivity index (χ1) is 7.24. The third kappa shape index (κ3) is 3.53. The standard InChI is InChI=1S/C14H24N2/c1-13(2,3)11-6-8-12(9-7-11)16-14(4,5)10-15/h6-9,16H,10,15H2,1-5H3. The predicted octanol–water partition coefficient (Wildman–Crippen LogP) is 3.13. The van der Waals surface area contributed by atoms with E-state index in [1.807, 2.05) is 0 Å². The molecule has 0 aliphatic carbocycles. The molecular weight excluding hydrogens is 196 g/mol. The van der Waals surface area contributed by atoms with E-state index < -0.39 is 0 Å². The molecule has 0 saturated carbocycles. The van der Waals surface area contributed by atoms with Crippen molar-refractivity contribution >= 4 is 5.69 Å². The second kappa shape index (κ2) is 4.46. The van der Waals surface area contributed by atoms with Crippen LogP contribution in [0.2, 0.25) is 0 Å². The Hall–Kier alpha value is -1.02. The summed E-state index contributed by atoms with van der Waals surface area (Å²) in [6.45, 7) is 11.5. The van der Waals surface area contributed by atoms with Crippen LogP contribution in [0.15, 0.2) is 24.3 Å². The van der Waals surface area contributed by atoms with E-state index in [-0.39, 0.29) is 11.0 Å². The summed E-state index contributed by atoms with van der Waals surface area (Å²) in [5, 5.41) is 3.42. The Morgan fingerprint density at radius 1 is 1.00 bits per heavy atom. The SMILES string of the molecule is CC(C)(CN)Nc1ccc(C(C)(C)C)cc1. The van der Waals surface area contributed by atoms with Crippen molar-refractivity contribution in [3.05, 3.63) is 29.8 Å². The number of rotatable bonds is 3. The molecule has 0 fully saturated rings. The average Bonchev–Trinajstić information content (AvgIpc) is 2.16. The summed E-state index contributed by atoms with van der Waals surface area (Å²) >= 11 is 0. The van der Waals surface area contributed by atoms with Crippen LogP contribution in [-0.2, 0) is 5.41 Å². The largest absolute Gasteiger partial charge is 0.379 e. The second-order valence-corrected chi connectivity index (χ2v) is 6.04. The van der Waals surface area contributed by atoms with E-state index >= 15 is 0 Å². The van der Waals surface area contributed by atoms with Crippen LogP contribution in [0.4, 0.5) is 5.69 Å². The molecule has 2 nitrogen and oxygen atoms in total. The molecule has 0 unspecified atom stereocenters. The lowest BCUT2D eigenvalue weighted by atomic mass is 9.87. The van der Waals surface area contributed by atoms with Crippen LogP contribution in [-0.4, -0.2) is 12.1 Å². The van der Waals surface area contributed by atoms with Gasteiger partial charge in [-0.1, -0.05) is 32.9 Å². The van der Waals surface area contributed by atoms with Crippen LogP contribution in [0.1, 0.15) is 40.2 Å². The Morgan fingerprint density at radius 3 is 1.88 bits per heavy atom. The first kappa shape index (κ1) is 13.0. The quantitative estimate of drug-likeness (QED) is 0.821. The first-order valence-electron chi connectivity index (χ1n) is 5.83. The highest BCUT2D eigenvalue weighted by atomic mass is 15.0. The van der Waals surface area contributed by atoms with Gasteiger partial charge in [-0.05, 0) is 37.0 Å². The number of nitrogens with one attached hydrogen (secondary N) is 1. The molecule has 0 bridgehead atoms. The molecule has 2 heteroatoms. The molecule has 1 rings (SSSR count). The molecule has 90 valence electrons. The average molecular weight is 220 g/mol. The number of benzene rings is 1. The number of hydrogen-bond acceptors (Lipinski definition) is 2. The lowest BCUT2D eigenvalue weighted by molar-refractivity contribution is 0.578. The molecule has 0 aromatic heterocycles. The molecular formula is C14H24N2. The maximum absolute atomic E-state index is 5.69. The van der Waals surface area contributed by atoms with E-state index in [0.717, 1.165) is 5.69 Å². The van der Waals surface area contributed by atoms with E-state index in [1.54, 1.807) is 0 Å². The maximum Gasteiger partial charge on any atom is 0.0439 e. The van der Waals surface area contributed by atoms with Crippen molar-refractivity contribution in [3.8, 4) is 0 Å². The van der Waals surface area contributed by atoms with Crippen LogP contribution in [0, 0.1) is 0 Å². The van der Waals surface area contributed by atoms with Crippen LogP contribution in [0.5, 0.6) is 0 Å². The van der Waals surface area contributed by atoms with Gasteiger partial charge in [-0.3, -0.25) is 0 Å². The molecule has 0 aliphatic heterocycles. The van der Waals surface area contributed by atoms with Crippen molar-refractivity contribution in [2.24, 2.45) is 5.73 Å². The van der Waals surface area contributed by atoms with Gasteiger partial charge in [0.1, 0.15) is 0 Å². The van der Waals surface area contributed by atoms with Gasteiger partial charge >= 0.3 is 0 Å². The Morgan fingerprint density at radius 2 is 1.50 bits per heavy atom. The molecule has 0 atom stereocenters. The fourth-order valence-electron chi connectivity index (χ4n) is 1.50. The number of hydrogen-bond donors (Lipinski definition) is 2. The van der Waals surface area contributed by atoms with Gasteiger partial charge in [0.2, 0.25) is 0 Å². The number of anilines is 1. The Kier molecular flexibility index (Phi) is 3.64. The summed E-state index contributed by atoms with van der Waals surface area (Å²) in [5.41, 5.74) is 8.33. The van der Waals surface area contributed by atoms with Crippen LogP contribution < -0.4 is 11.1 Å². The molecule has 3 N–H and O–H groups in total. The molecule has 0 heterocycles. The smallest absolute Gasteiger partial charge is 0.0439 e. The normalized spacial score (nSPS) is 12.6. The first-order valence-corrected chi connectivity index (χ1v) is 5.83. The minimum Gasteiger partial charge on any atom is -0.379 e. The van der Waals surface area contributed by atoms with E-state index in [1.165, 1.54) is 5.56 Å². The highest BCUT2D eigenvalue weighted by Crippen LogP contribution is 2.24. The summed E-state index contributed by atoms with van der Waals surface area (Å²) in [6.07, 6.45) is 0. The molecule has 1 aromatic rings. The highest BCUT2D eigenvalue weighted by molar-refractivity contribution is 5.47. The van der Waals surface area contributed by atoms with Gasteiger partial charge in [0.15, 0.2) is 0 Å². The molecule has 0 amide bonds. The van der Waals surface area contributed by atoms with Gasteiger partial charge in [-0.2, -0.15) is 0 Å². The zero-order chi connectivity index (χ0) is 12.4. The zero-order valence-electron chi connectivity index (χ0n) is 11.1. The summed E-state index contributed by atoms with van der Waals surface area (Å²) in [4.78, 5) is 0. The number of nitrogens with two attached hydrogens (primary N) is 1. The summed E-state index contributed by atoms with van der Waals surface area (Å²) in [5.74, 6) is 0. The van der Waals surface area contributed by atoms with Crippen LogP contribution in [0.25, 0.3) is 0 Å². The van der Waals surface area contributed by atoms with Gasteiger partial charge in [-0.15, -0.1) is 0 Å². The monoisotopic (exact) mass is 220 g/mol. The van der Waals surface area contributed by atoms with Gasteiger partial charge in [0.05, 0.1) is 0 Å². The van der Waals surface area contributed by atoms with Crippen molar-refractivity contribution in [1.82, 2.24) is 0 Å². The zero-order valence-corrected chi connectivity index (χ0v) is 11.1. The molecule has 0 aliphatic rings. The Labute approximate surface area is 99.2 Å². The van der Waals surface area contributed by atoms with Crippen molar-refractivity contribution in [2.75, 3.05) is 11.9 Å². The van der Waals surface area contributed by atoms with E-state index in [0.29, 0.717) is 6.54 Å². The van der Waals surface area contributed by atoms with Crippen molar-refractivity contribution in [1.29, 1.82) is 0 Å². The fraction of sp³-hybridized carbons (Fsp3) is 0.571. The highest BCUT2D eigenvalue weighted by Gasteiger charge is 2.16. The van der Waals surface area contributed by atoms with Crippen molar-refractivity contribution < 1.29 is 0 Å². The third-order valence-corrected chi connectivity index (χ3v) is 2.74.